The Bertz CT molecular complexity index is 139. The van der Waals surface area contributed by atoms with Crippen LogP contribution in [0.5, 0.6) is 0 Å². The average Bonchev–Trinajstić information content (AvgIpc) is 2.16. The van der Waals surface area contributed by atoms with E-state index in [1.807, 2.05) is 6.08 Å². The summed E-state index contributed by atoms with van der Waals surface area (Å²) in [6, 6.07) is 0. The normalized spacial score (nSPS) is 22.1. The second-order valence-corrected chi connectivity index (χ2v) is 4.13. The van der Waals surface area contributed by atoms with Gasteiger partial charge in [-0.15, -0.1) is 6.58 Å². The Labute approximate surface area is 83.3 Å². The highest BCUT2D eigenvalue weighted by Gasteiger charge is 2.30. The van der Waals surface area contributed by atoms with E-state index in [1.165, 1.54) is 19.3 Å². The van der Waals surface area contributed by atoms with Crippen LogP contribution >= 0.6 is 15.9 Å². The monoisotopic (exact) mass is 232 g/mol. The third-order valence-corrected chi connectivity index (χ3v) is 3.91. The van der Waals surface area contributed by atoms with Gasteiger partial charge in [0.25, 0.3) is 0 Å². The van der Waals surface area contributed by atoms with E-state index < -0.39 is 0 Å². The fourth-order valence-corrected chi connectivity index (χ4v) is 2.50. The number of hydrogen-bond donors (Lipinski definition) is 0. The molecule has 1 nitrogen and oxygen atoms in total. The van der Waals surface area contributed by atoms with Crippen LogP contribution in [0, 0.1) is 5.41 Å². The Morgan fingerprint density at radius 2 is 2.08 bits per heavy atom. The van der Waals surface area contributed by atoms with Crippen LogP contribution < -0.4 is 0 Å². The van der Waals surface area contributed by atoms with Gasteiger partial charge < -0.3 is 4.74 Å². The lowest BCUT2D eigenvalue weighted by Gasteiger charge is -2.35. The third kappa shape index (κ3) is 2.60. The predicted molar refractivity (Wildman–Crippen MR) is 55.7 cm³/mol. The summed E-state index contributed by atoms with van der Waals surface area (Å²) in [5.41, 5.74) is 0.492. The van der Waals surface area contributed by atoms with Crippen molar-refractivity contribution >= 4 is 15.9 Å². The molecule has 0 aromatic carbocycles. The number of halogens is 1. The smallest absolute Gasteiger partial charge is 0.0471 e. The third-order valence-electron chi connectivity index (χ3n) is 2.72. The maximum absolute atomic E-state index is 5.36. The van der Waals surface area contributed by atoms with Gasteiger partial charge in [-0.25, -0.2) is 0 Å². The molecule has 1 heterocycles. The van der Waals surface area contributed by atoms with Crippen molar-refractivity contribution < 1.29 is 4.74 Å². The fraction of sp³-hybridized carbons (Fsp3) is 0.800. The Kier molecular flexibility index (Phi) is 4.30. The van der Waals surface area contributed by atoms with Crippen LogP contribution in [-0.2, 0) is 4.74 Å². The molecule has 0 bridgehead atoms. The lowest BCUT2D eigenvalue weighted by atomic mass is 9.78. The Hall–Kier alpha value is 0.180. The summed E-state index contributed by atoms with van der Waals surface area (Å²) in [5, 5.41) is 1.11. The molecule has 0 N–H and O–H groups in total. The van der Waals surface area contributed by atoms with Gasteiger partial charge in [-0.3, -0.25) is 0 Å². The molecule has 2 heteroatoms. The first-order valence-corrected chi connectivity index (χ1v) is 5.70. The Morgan fingerprint density at radius 1 is 1.42 bits per heavy atom. The molecular formula is C10H17BrO. The van der Waals surface area contributed by atoms with Gasteiger partial charge in [0.15, 0.2) is 0 Å². The minimum absolute atomic E-state index is 0.492. The zero-order chi connectivity index (χ0) is 8.86. The molecule has 70 valence electrons. The maximum Gasteiger partial charge on any atom is 0.0471 e. The highest BCUT2D eigenvalue weighted by molar-refractivity contribution is 9.09. The van der Waals surface area contributed by atoms with Gasteiger partial charge in [-0.1, -0.05) is 22.0 Å². The minimum atomic E-state index is 0.492. The molecule has 0 aromatic rings. The molecule has 0 radical (unpaired) electrons. The van der Waals surface area contributed by atoms with Gasteiger partial charge in [0.2, 0.25) is 0 Å². The number of alkyl halides is 1. The molecule has 0 amide bonds. The largest absolute Gasteiger partial charge is 0.381 e. The Morgan fingerprint density at radius 3 is 2.58 bits per heavy atom. The van der Waals surface area contributed by atoms with Gasteiger partial charge in [0, 0.05) is 18.5 Å². The first-order valence-electron chi connectivity index (χ1n) is 4.58. The van der Waals surface area contributed by atoms with Crippen LogP contribution in [-0.4, -0.2) is 18.5 Å². The van der Waals surface area contributed by atoms with E-state index in [2.05, 4.69) is 22.5 Å². The average molecular weight is 233 g/mol. The minimum Gasteiger partial charge on any atom is -0.381 e. The van der Waals surface area contributed by atoms with E-state index in [4.69, 9.17) is 4.74 Å². The Balaban J connectivity index is 2.41. The lowest BCUT2D eigenvalue weighted by Crippen LogP contribution is -2.30. The summed E-state index contributed by atoms with van der Waals surface area (Å²) in [4.78, 5) is 0. The van der Waals surface area contributed by atoms with Crippen molar-refractivity contribution in [3.63, 3.8) is 0 Å². The second-order valence-electron chi connectivity index (χ2n) is 3.57. The van der Waals surface area contributed by atoms with Crippen LogP contribution in [0.25, 0.3) is 0 Å². The summed E-state index contributed by atoms with van der Waals surface area (Å²) in [6.45, 7) is 5.63. The van der Waals surface area contributed by atoms with Crippen LogP contribution in [0.3, 0.4) is 0 Å². The number of rotatable bonds is 4. The van der Waals surface area contributed by atoms with E-state index in [9.17, 15) is 0 Å². The van der Waals surface area contributed by atoms with Crippen LogP contribution in [0.15, 0.2) is 12.7 Å². The number of hydrogen-bond acceptors (Lipinski definition) is 1. The van der Waals surface area contributed by atoms with Crippen molar-refractivity contribution in [2.24, 2.45) is 5.41 Å². The van der Waals surface area contributed by atoms with Crippen LogP contribution in [0.1, 0.15) is 25.7 Å². The van der Waals surface area contributed by atoms with Gasteiger partial charge in [-0.05, 0) is 31.1 Å². The van der Waals surface area contributed by atoms with E-state index >= 15 is 0 Å². The topological polar surface area (TPSA) is 9.23 Å². The van der Waals surface area contributed by atoms with Crippen LogP contribution in [0.2, 0.25) is 0 Å². The second kappa shape index (κ2) is 5.03. The molecule has 12 heavy (non-hydrogen) atoms. The molecule has 0 aromatic heterocycles. The lowest BCUT2D eigenvalue weighted by molar-refractivity contribution is 0.0233. The van der Waals surface area contributed by atoms with Crippen molar-refractivity contribution in [2.45, 2.75) is 25.7 Å². The molecule has 0 spiro atoms. The van der Waals surface area contributed by atoms with Crippen LogP contribution in [0.4, 0.5) is 0 Å². The maximum atomic E-state index is 5.36. The zero-order valence-corrected chi connectivity index (χ0v) is 9.11. The van der Waals surface area contributed by atoms with Crippen molar-refractivity contribution in [3.05, 3.63) is 12.7 Å². The van der Waals surface area contributed by atoms with E-state index in [0.717, 1.165) is 25.0 Å². The highest BCUT2D eigenvalue weighted by Crippen LogP contribution is 2.37. The van der Waals surface area contributed by atoms with E-state index in [1.54, 1.807) is 0 Å². The molecule has 1 aliphatic heterocycles. The van der Waals surface area contributed by atoms with Gasteiger partial charge in [-0.2, -0.15) is 0 Å². The standard InChI is InChI=1S/C10H17BrO/c1-2-3-4-10(9-11)5-7-12-8-6-10/h2H,1,3-9H2. The number of ether oxygens (including phenoxy) is 1. The van der Waals surface area contributed by atoms with E-state index in [0.29, 0.717) is 5.41 Å². The quantitative estimate of drug-likeness (QED) is 0.535. The van der Waals surface area contributed by atoms with Crippen molar-refractivity contribution in [1.82, 2.24) is 0 Å². The fourth-order valence-electron chi connectivity index (χ4n) is 1.66. The first-order chi connectivity index (χ1) is 5.83. The van der Waals surface area contributed by atoms with Gasteiger partial charge >= 0.3 is 0 Å². The highest BCUT2D eigenvalue weighted by atomic mass is 79.9. The molecule has 0 saturated carbocycles. The van der Waals surface area contributed by atoms with Crippen molar-refractivity contribution in [3.8, 4) is 0 Å². The molecule has 1 saturated heterocycles. The van der Waals surface area contributed by atoms with Gasteiger partial charge in [0.1, 0.15) is 0 Å². The first kappa shape index (κ1) is 10.3. The molecule has 1 fully saturated rings. The zero-order valence-electron chi connectivity index (χ0n) is 7.52. The molecule has 1 rings (SSSR count). The molecule has 0 atom stereocenters. The summed E-state index contributed by atoms with van der Waals surface area (Å²) < 4.78 is 5.36. The SMILES string of the molecule is C=CCCC1(CBr)CCOCC1. The van der Waals surface area contributed by atoms with Crippen molar-refractivity contribution in [1.29, 1.82) is 0 Å². The molecule has 0 aliphatic carbocycles. The summed E-state index contributed by atoms with van der Waals surface area (Å²) >= 11 is 3.61. The summed E-state index contributed by atoms with van der Waals surface area (Å²) in [5.74, 6) is 0. The summed E-state index contributed by atoms with van der Waals surface area (Å²) in [6.07, 6.45) is 6.80. The van der Waals surface area contributed by atoms with Gasteiger partial charge in [0.05, 0.1) is 0 Å². The number of allylic oxidation sites excluding steroid dienone is 1. The van der Waals surface area contributed by atoms with E-state index in [-0.39, 0.29) is 0 Å². The predicted octanol–water partition coefficient (Wildman–Crippen LogP) is 3.14. The molecule has 1 aliphatic rings. The van der Waals surface area contributed by atoms with Crippen molar-refractivity contribution in [2.75, 3.05) is 18.5 Å². The molecule has 0 unspecified atom stereocenters. The molecular weight excluding hydrogens is 216 g/mol. The summed E-state index contributed by atoms with van der Waals surface area (Å²) in [7, 11) is 0.